The number of allylic oxidation sites excluding steroid dienone is 4. The average Bonchev–Trinajstić information content (AvgIpc) is 0.762. The Morgan fingerprint density at radius 3 is 1.09 bits per heavy atom. The minimum absolute atomic E-state index is 0.00805. The molecular formula is C75H137O24P. The zero-order valence-electron chi connectivity index (χ0n) is 61.2. The minimum atomic E-state index is -5.70. The summed E-state index contributed by atoms with van der Waals surface area (Å²) >= 11 is 0. The molecule has 11 N–H and O–H groups in total. The zero-order valence-corrected chi connectivity index (χ0v) is 62.1. The first-order chi connectivity index (χ1) is 48.3. The molecular weight excluding hydrogens is 1320 g/mol. The van der Waals surface area contributed by atoms with Gasteiger partial charge in [0.1, 0.15) is 98.7 Å². The van der Waals surface area contributed by atoms with Crippen molar-refractivity contribution in [1.29, 1.82) is 0 Å². The Labute approximate surface area is 598 Å². The third-order valence-corrected chi connectivity index (χ3v) is 20.2. The van der Waals surface area contributed by atoms with Crippen LogP contribution in [0.4, 0.5) is 0 Å². The molecule has 0 spiro atoms. The van der Waals surface area contributed by atoms with Gasteiger partial charge in [-0.25, -0.2) is 4.57 Å². The van der Waals surface area contributed by atoms with Crippen LogP contribution in [0.3, 0.4) is 0 Å². The third kappa shape index (κ3) is 39.2. The van der Waals surface area contributed by atoms with E-state index < -0.39 is 156 Å². The summed E-state index contributed by atoms with van der Waals surface area (Å²) in [6.45, 7) is 3.44. The lowest BCUT2D eigenvalue weighted by molar-refractivity contribution is -0.360. The van der Waals surface area contributed by atoms with Crippen LogP contribution in [0.2, 0.25) is 0 Å². The fourth-order valence-electron chi connectivity index (χ4n) is 12.8. The van der Waals surface area contributed by atoms with Crippen LogP contribution in [-0.2, 0) is 61.2 Å². The van der Waals surface area contributed by atoms with E-state index in [0.717, 1.165) is 96.3 Å². The molecule has 0 radical (unpaired) electrons. The van der Waals surface area contributed by atoms with Crippen molar-refractivity contribution in [1.82, 2.24) is 0 Å². The van der Waals surface area contributed by atoms with Gasteiger partial charge in [0.25, 0.3) is 0 Å². The molecule has 1 saturated carbocycles. The molecule has 2 heterocycles. The number of unbranched alkanes of at least 4 members (excludes halogenated alkanes) is 36. The van der Waals surface area contributed by atoms with E-state index in [1.165, 1.54) is 148 Å². The summed E-state index contributed by atoms with van der Waals surface area (Å²) in [4.78, 5) is 51.1. The van der Waals surface area contributed by atoms with Gasteiger partial charge in [-0.2, -0.15) is 0 Å². The Balaban J connectivity index is 1.73. The number of hydrogen-bond donors (Lipinski definition) is 11. The van der Waals surface area contributed by atoms with E-state index in [1.54, 1.807) is 0 Å². The molecule has 25 heteroatoms. The molecule has 0 aromatic heterocycles. The van der Waals surface area contributed by atoms with Gasteiger partial charge in [-0.05, 0) is 70.6 Å². The van der Waals surface area contributed by atoms with Crippen molar-refractivity contribution < 1.29 is 117 Å². The second kappa shape index (κ2) is 56.7. The number of phosphoric ester groups is 1. The van der Waals surface area contributed by atoms with E-state index in [9.17, 15) is 74.9 Å². The molecule has 2 aliphatic heterocycles. The van der Waals surface area contributed by atoms with Crippen LogP contribution in [0, 0.1) is 0 Å². The van der Waals surface area contributed by atoms with Crippen molar-refractivity contribution in [3.63, 3.8) is 0 Å². The maximum absolute atomic E-state index is 14.4. The lowest BCUT2D eigenvalue weighted by Crippen LogP contribution is -2.69. The van der Waals surface area contributed by atoms with E-state index in [0.29, 0.717) is 19.3 Å². The Bertz CT molecular complexity index is 2160. The zero-order chi connectivity index (χ0) is 73.2. The number of carbonyl (C=O) groups excluding carboxylic acids is 3. The number of esters is 3. The van der Waals surface area contributed by atoms with Crippen LogP contribution in [0.5, 0.6) is 0 Å². The molecule has 0 bridgehead atoms. The van der Waals surface area contributed by atoms with E-state index in [2.05, 4.69) is 45.1 Å². The highest BCUT2D eigenvalue weighted by Gasteiger charge is 2.58. The number of carbonyl (C=O) groups is 3. The third-order valence-electron chi connectivity index (χ3n) is 19.2. The molecule has 3 aliphatic rings. The standard InChI is InChI=1S/C75H137O24P/c1-4-7-10-13-16-19-22-25-28-29-30-33-36-39-42-45-48-51-61(79)94-56(53-91-59(77)49-46-43-40-37-34-31-26-23-20-17-14-11-8-5-2)54-93-100(89,90)99-73-71(97-74-69(87)64(82)62(80)57(52-76)95-74)67(85)66(84)68(86)72(73)98-75-70(88)65(83)63(81)58(96-75)55-92-60(78)50-47-44-41-38-35-32-27-24-21-18-15-12-9-6-3/h31-32,34-35,56-58,62-76,80-88H,4-30,33,36-55H2,1-3H3,(H,89,90)/b34-31-,35-32-. The Hall–Kier alpha value is -2.56. The summed E-state index contributed by atoms with van der Waals surface area (Å²) in [5.41, 5.74) is 0. The molecule has 1 aliphatic carbocycles. The topological polar surface area (TPSA) is 374 Å². The van der Waals surface area contributed by atoms with E-state index in [-0.39, 0.29) is 19.3 Å². The highest BCUT2D eigenvalue weighted by Crippen LogP contribution is 2.49. The summed E-state index contributed by atoms with van der Waals surface area (Å²) in [6, 6.07) is 0. The van der Waals surface area contributed by atoms with Crippen LogP contribution >= 0.6 is 7.82 Å². The molecule has 0 aromatic rings. The van der Waals surface area contributed by atoms with Crippen molar-refractivity contribution in [2.75, 3.05) is 26.4 Å². The van der Waals surface area contributed by atoms with E-state index in [1.807, 2.05) is 0 Å². The first kappa shape index (κ1) is 91.6. The molecule has 2 saturated heterocycles. The van der Waals surface area contributed by atoms with Gasteiger partial charge in [-0.15, -0.1) is 0 Å². The van der Waals surface area contributed by atoms with E-state index >= 15 is 0 Å². The van der Waals surface area contributed by atoms with Crippen LogP contribution in [0.15, 0.2) is 24.3 Å². The molecule has 18 unspecified atom stereocenters. The van der Waals surface area contributed by atoms with Gasteiger partial charge in [0.15, 0.2) is 18.7 Å². The fraction of sp³-hybridized carbons (Fsp3) is 0.907. The second-order valence-electron chi connectivity index (χ2n) is 28.1. The molecule has 3 rings (SSSR count). The highest BCUT2D eigenvalue weighted by atomic mass is 31.2. The van der Waals surface area contributed by atoms with Gasteiger partial charge in [0.05, 0.1) is 13.2 Å². The monoisotopic (exact) mass is 1450 g/mol. The van der Waals surface area contributed by atoms with Gasteiger partial charge in [0, 0.05) is 19.3 Å². The van der Waals surface area contributed by atoms with Gasteiger partial charge < -0.3 is 89.1 Å². The van der Waals surface area contributed by atoms with Crippen LogP contribution in [0.1, 0.15) is 303 Å². The second-order valence-corrected chi connectivity index (χ2v) is 29.5. The first-order valence-electron chi connectivity index (χ1n) is 39.1. The summed E-state index contributed by atoms with van der Waals surface area (Å²) in [7, 11) is -5.70. The molecule has 0 aromatic carbocycles. The highest BCUT2D eigenvalue weighted by molar-refractivity contribution is 7.47. The van der Waals surface area contributed by atoms with Crippen molar-refractivity contribution in [3.05, 3.63) is 24.3 Å². The largest absolute Gasteiger partial charge is 0.472 e. The molecule has 0 amide bonds. The summed E-state index contributed by atoms with van der Waals surface area (Å²) in [5.74, 6) is -2.02. The lowest BCUT2D eigenvalue weighted by Gasteiger charge is -2.49. The van der Waals surface area contributed by atoms with Gasteiger partial charge in [-0.1, -0.05) is 238 Å². The molecule has 3 fully saturated rings. The number of ether oxygens (including phenoxy) is 7. The average molecular weight is 1450 g/mol. The molecule has 100 heavy (non-hydrogen) atoms. The Morgan fingerprint density at radius 1 is 0.380 bits per heavy atom. The van der Waals surface area contributed by atoms with Crippen LogP contribution in [0.25, 0.3) is 0 Å². The summed E-state index contributed by atoms with van der Waals surface area (Å²) in [5, 5.41) is 110. The predicted molar refractivity (Wildman–Crippen MR) is 379 cm³/mol. The number of aliphatic hydroxyl groups is 10. The number of aliphatic hydroxyl groups excluding tert-OH is 10. The summed E-state index contributed by atoms with van der Waals surface area (Å²) < 4.78 is 65.1. The van der Waals surface area contributed by atoms with Gasteiger partial charge in [-0.3, -0.25) is 23.4 Å². The number of rotatable bonds is 61. The van der Waals surface area contributed by atoms with Crippen molar-refractivity contribution in [2.24, 2.45) is 0 Å². The lowest BCUT2D eigenvalue weighted by atomic mass is 9.84. The maximum Gasteiger partial charge on any atom is 0.472 e. The Kier molecular flexibility index (Phi) is 52.0. The fourth-order valence-corrected chi connectivity index (χ4v) is 13.8. The SMILES string of the molecule is CCCCCCCCC/C=C\CCCCCC(=O)OCC(COP(=O)(O)OC1C(OC2OC(CO)C(O)C(O)C2O)C(O)C(O)C(O)C1OC1OC(COC(=O)CCCCC/C=C\CCCCCCCCC)C(O)C(O)C1O)OC(=O)CCCCCCCCCCCCCCCCCCC. The minimum Gasteiger partial charge on any atom is -0.463 e. The normalized spacial score (nSPS) is 27.4. The predicted octanol–water partition coefficient (Wildman–Crippen LogP) is 11.3. The molecule has 24 nitrogen and oxygen atoms in total. The van der Waals surface area contributed by atoms with Gasteiger partial charge in [0.2, 0.25) is 0 Å². The van der Waals surface area contributed by atoms with Crippen molar-refractivity contribution >= 4 is 25.7 Å². The first-order valence-corrected chi connectivity index (χ1v) is 40.6. The summed E-state index contributed by atoms with van der Waals surface area (Å²) in [6.07, 6.45) is 18.0. The van der Waals surface area contributed by atoms with Crippen LogP contribution in [-0.4, -0.2) is 204 Å². The van der Waals surface area contributed by atoms with E-state index in [4.69, 9.17) is 42.2 Å². The maximum atomic E-state index is 14.4. The smallest absolute Gasteiger partial charge is 0.463 e. The molecule has 586 valence electrons. The van der Waals surface area contributed by atoms with Crippen molar-refractivity contribution in [2.45, 2.75) is 407 Å². The molecule has 18 atom stereocenters. The van der Waals surface area contributed by atoms with Gasteiger partial charge >= 0.3 is 25.7 Å². The quantitative estimate of drug-likeness (QED) is 0.00886. The van der Waals surface area contributed by atoms with Crippen molar-refractivity contribution in [3.8, 4) is 0 Å². The number of hydrogen-bond acceptors (Lipinski definition) is 23. The van der Waals surface area contributed by atoms with Crippen LogP contribution < -0.4 is 0 Å². The number of phosphoric acid groups is 1. The Morgan fingerprint density at radius 2 is 0.700 bits per heavy atom.